The van der Waals surface area contributed by atoms with Crippen LogP contribution in [0.3, 0.4) is 0 Å². The number of rotatable bonds is 7. The van der Waals surface area contributed by atoms with E-state index in [0.717, 1.165) is 6.07 Å². The topological polar surface area (TPSA) is 93.2 Å². The molecule has 0 atom stereocenters. The van der Waals surface area contributed by atoms with Crippen LogP contribution in [0.25, 0.3) is 11.3 Å². The Morgan fingerprint density at radius 1 is 0.884 bits per heavy atom. The standard InChI is InChI=1S/C28H30F2N4O5.4W/c1-33(28(36)32-21-5-6-23(31-16-21)17-11-19(29)15-20(30)12-17)22-7-9-34(10-8-22)27(35)18-13-24(37-2)26(39-4)25(14-18)38-3;;;;/h5-6,11-16,22H,7-10H2,1-4H3,(H,32,36);;;;. The van der Waals surface area contributed by atoms with Crippen molar-refractivity contribution in [2.75, 3.05) is 46.8 Å². The summed E-state index contributed by atoms with van der Waals surface area (Å²) in [4.78, 5) is 33.6. The third-order valence-corrected chi connectivity index (χ3v) is 6.70. The van der Waals surface area contributed by atoms with Gasteiger partial charge < -0.3 is 29.3 Å². The molecule has 1 aliphatic rings. The first-order chi connectivity index (χ1) is 18.7. The van der Waals surface area contributed by atoms with Gasteiger partial charge in [-0.1, -0.05) is 0 Å². The molecule has 1 fully saturated rings. The summed E-state index contributed by atoms with van der Waals surface area (Å²) in [6, 6.07) is 9.23. The van der Waals surface area contributed by atoms with Gasteiger partial charge in [-0.2, -0.15) is 0 Å². The van der Waals surface area contributed by atoms with E-state index in [1.54, 1.807) is 41.1 Å². The van der Waals surface area contributed by atoms with Gasteiger partial charge in [0.15, 0.2) is 11.5 Å². The first-order valence-electron chi connectivity index (χ1n) is 12.3. The number of urea groups is 1. The summed E-state index contributed by atoms with van der Waals surface area (Å²) in [7, 11) is 6.19. The third-order valence-electron chi connectivity index (χ3n) is 6.70. The molecule has 0 aliphatic carbocycles. The Kier molecular flexibility index (Phi) is 18.3. The zero-order valence-corrected chi connectivity index (χ0v) is 35.5. The second-order valence-corrected chi connectivity index (χ2v) is 9.07. The fourth-order valence-electron chi connectivity index (χ4n) is 4.56. The van der Waals surface area contributed by atoms with E-state index in [-0.39, 0.29) is 102 Å². The number of pyridine rings is 1. The minimum absolute atomic E-state index is 0. The van der Waals surface area contributed by atoms with Gasteiger partial charge in [-0.05, 0) is 49.2 Å². The average molecular weight is 1280 g/mol. The number of anilines is 1. The number of aromatic nitrogens is 1. The molecule has 1 saturated heterocycles. The Hall–Kier alpha value is -1.66. The first-order valence-corrected chi connectivity index (χ1v) is 12.3. The number of hydrogen-bond acceptors (Lipinski definition) is 6. The van der Waals surface area contributed by atoms with Gasteiger partial charge in [-0.25, -0.2) is 13.6 Å². The minimum Gasteiger partial charge on any atom is -0.493 e. The smallest absolute Gasteiger partial charge is 0.321 e. The third kappa shape index (κ3) is 10.2. The normalized spacial score (nSPS) is 12.3. The molecule has 230 valence electrons. The van der Waals surface area contributed by atoms with Crippen LogP contribution in [0.15, 0.2) is 48.7 Å². The number of carbonyl (C=O) groups is 2. The number of benzene rings is 2. The Balaban J connectivity index is 0.00000441. The summed E-state index contributed by atoms with van der Waals surface area (Å²) in [5.41, 5.74) is 1.55. The predicted octanol–water partition coefficient (Wildman–Crippen LogP) is 4.81. The molecular formula is C28H30F2N4O5W4. The van der Waals surface area contributed by atoms with Gasteiger partial charge in [0.05, 0.1) is 38.9 Å². The first kappa shape index (κ1) is 41.3. The number of nitrogens with zero attached hydrogens (tertiary/aromatic N) is 3. The zero-order chi connectivity index (χ0) is 28.1. The van der Waals surface area contributed by atoms with Gasteiger partial charge in [-0.3, -0.25) is 9.78 Å². The largest absolute Gasteiger partial charge is 0.493 e. The maximum Gasteiger partial charge on any atom is 0.321 e. The molecule has 2 aromatic carbocycles. The second kappa shape index (κ2) is 19.0. The molecule has 2 heterocycles. The van der Waals surface area contributed by atoms with Crippen molar-refractivity contribution >= 4 is 17.6 Å². The quantitative estimate of drug-likeness (QED) is 0.366. The van der Waals surface area contributed by atoms with E-state index in [4.69, 9.17) is 14.2 Å². The van der Waals surface area contributed by atoms with E-state index >= 15 is 0 Å². The van der Waals surface area contributed by atoms with Gasteiger partial charge in [0, 0.05) is 128 Å². The Morgan fingerprint density at radius 2 is 1.44 bits per heavy atom. The molecule has 0 unspecified atom stereocenters. The molecule has 0 saturated carbocycles. The number of methoxy groups -OCH3 is 3. The van der Waals surface area contributed by atoms with Crippen molar-refractivity contribution in [1.29, 1.82) is 0 Å². The molecule has 0 spiro atoms. The van der Waals surface area contributed by atoms with Gasteiger partial charge in [-0.15, -0.1) is 0 Å². The Labute approximate surface area is 306 Å². The summed E-state index contributed by atoms with van der Waals surface area (Å²) in [6.45, 7) is 0.941. The monoisotopic (exact) mass is 1280 g/mol. The van der Waals surface area contributed by atoms with E-state index in [1.807, 2.05) is 0 Å². The molecule has 0 radical (unpaired) electrons. The molecule has 15 heteroatoms. The summed E-state index contributed by atoms with van der Waals surface area (Å²) < 4.78 is 43.1. The molecule has 1 N–H and O–H groups in total. The van der Waals surface area contributed by atoms with E-state index in [1.165, 1.54) is 39.7 Å². The van der Waals surface area contributed by atoms with Crippen molar-refractivity contribution in [3.8, 4) is 28.5 Å². The number of carbonyl (C=O) groups excluding carboxylic acids is 2. The molecule has 0 bridgehead atoms. The number of hydrogen-bond donors (Lipinski definition) is 1. The number of piperidine rings is 1. The molecular weight excluding hydrogens is 1250 g/mol. The van der Waals surface area contributed by atoms with E-state index < -0.39 is 11.6 Å². The van der Waals surface area contributed by atoms with Crippen molar-refractivity contribution < 1.29 is 117 Å². The summed E-state index contributed by atoms with van der Waals surface area (Å²) in [5.74, 6) is -0.335. The van der Waals surface area contributed by atoms with Crippen molar-refractivity contribution in [2.24, 2.45) is 0 Å². The van der Waals surface area contributed by atoms with E-state index in [9.17, 15) is 18.4 Å². The second-order valence-electron chi connectivity index (χ2n) is 9.07. The number of halogens is 2. The van der Waals surface area contributed by atoms with Crippen molar-refractivity contribution in [2.45, 2.75) is 18.9 Å². The van der Waals surface area contributed by atoms with Crippen LogP contribution < -0.4 is 19.5 Å². The summed E-state index contributed by atoms with van der Waals surface area (Å²) >= 11 is 0. The zero-order valence-electron chi connectivity index (χ0n) is 23.8. The molecule has 43 heavy (non-hydrogen) atoms. The SMILES string of the molecule is COc1cc(C(=O)N2CCC(N(C)C(=O)Nc3ccc(-c4cc(F)cc(F)c4)nc3)CC2)cc(OC)c1OC.[W].[W].[W].[W]. The fourth-order valence-corrected chi connectivity index (χ4v) is 4.56. The summed E-state index contributed by atoms with van der Waals surface area (Å²) in [6.07, 6.45) is 2.63. The number of ether oxygens (including phenoxy) is 3. The van der Waals surface area contributed by atoms with Crippen LogP contribution in [-0.4, -0.2) is 74.2 Å². The van der Waals surface area contributed by atoms with Crippen LogP contribution in [-0.2, 0) is 84.3 Å². The molecule has 4 rings (SSSR count). The van der Waals surface area contributed by atoms with Crippen LogP contribution in [0.4, 0.5) is 19.3 Å². The maximum atomic E-state index is 13.5. The van der Waals surface area contributed by atoms with E-state index in [2.05, 4.69) is 10.3 Å². The Bertz CT molecular complexity index is 1320. The van der Waals surface area contributed by atoms with Crippen LogP contribution in [0.1, 0.15) is 23.2 Å². The van der Waals surface area contributed by atoms with Gasteiger partial charge in [0.1, 0.15) is 11.6 Å². The number of likely N-dealkylation sites (tertiary alicyclic amines) is 1. The van der Waals surface area contributed by atoms with Crippen LogP contribution in [0.2, 0.25) is 0 Å². The number of nitrogens with one attached hydrogen (secondary N) is 1. The van der Waals surface area contributed by atoms with Crippen molar-refractivity contribution in [3.05, 3.63) is 65.9 Å². The summed E-state index contributed by atoms with van der Waals surface area (Å²) in [5, 5.41) is 2.79. The predicted molar refractivity (Wildman–Crippen MR) is 141 cm³/mol. The van der Waals surface area contributed by atoms with Gasteiger partial charge in [0.2, 0.25) is 5.75 Å². The maximum absolute atomic E-state index is 13.5. The van der Waals surface area contributed by atoms with Crippen LogP contribution >= 0.6 is 0 Å². The average Bonchev–Trinajstić information content (AvgIpc) is 2.95. The fraction of sp³-hybridized carbons (Fsp3) is 0.321. The van der Waals surface area contributed by atoms with E-state index in [0.29, 0.717) is 65.7 Å². The molecule has 1 aliphatic heterocycles. The van der Waals surface area contributed by atoms with Gasteiger partial charge in [0.25, 0.3) is 5.91 Å². The molecule has 3 amide bonds. The molecule has 3 aromatic rings. The van der Waals surface area contributed by atoms with Crippen molar-refractivity contribution in [3.63, 3.8) is 0 Å². The Morgan fingerprint density at radius 3 is 1.91 bits per heavy atom. The molecule has 9 nitrogen and oxygen atoms in total. The number of amides is 3. The van der Waals surface area contributed by atoms with Crippen molar-refractivity contribution in [1.82, 2.24) is 14.8 Å². The van der Waals surface area contributed by atoms with Crippen LogP contribution in [0, 0.1) is 11.6 Å². The van der Waals surface area contributed by atoms with Gasteiger partial charge >= 0.3 is 6.03 Å². The minimum atomic E-state index is -0.693. The van der Waals surface area contributed by atoms with Crippen LogP contribution in [0.5, 0.6) is 17.2 Å². The molecule has 1 aromatic heterocycles.